The maximum absolute atomic E-state index is 11.5. The van der Waals surface area contributed by atoms with Crippen molar-refractivity contribution < 1.29 is 14.7 Å². The third-order valence-corrected chi connectivity index (χ3v) is 3.30. The number of hydrogen-bond donors (Lipinski definition) is 1. The molecule has 1 N–H and O–H groups in total. The van der Waals surface area contributed by atoms with Crippen molar-refractivity contribution >= 4 is 35.2 Å². The second-order valence-electron chi connectivity index (χ2n) is 3.48. The molecule has 6 heteroatoms. The Morgan fingerprint density at radius 1 is 1.80 bits per heavy atom. The molecule has 1 aliphatic rings. The van der Waals surface area contributed by atoms with Gasteiger partial charge in [0.05, 0.1) is 5.38 Å². The number of hydrogen-bond acceptors (Lipinski definition) is 3. The van der Waals surface area contributed by atoms with Crippen molar-refractivity contribution in [2.75, 3.05) is 18.6 Å². The summed E-state index contributed by atoms with van der Waals surface area (Å²) in [5.41, 5.74) is 0. The van der Waals surface area contributed by atoms with Crippen molar-refractivity contribution in [2.45, 2.75) is 24.3 Å². The Bertz CT molecular complexity index is 262. The highest BCUT2D eigenvalue weighted by Gasteiger charge is 2.36. The van der Waals surface area contributed by atoms with Gasteiger partial charge in [-0.3, -0.25) is 4.79 Å². The number of amides is 1. The SMILES string of the molecule is CSCC[C@@H](C(=O)O)N1CC(Cl)CC1=O. The van der Waals surface area contributed by atoms with Crippen LogP contribution in [0.2, 0.25) is 0 Å². The van der Waals surface area contributed by atoms with Gasteiger partial charge in [-0.2, -0.15) is 11.8 Å². The smallest absolute Gasteiger partial charge is 0.326 e. The van der Waals surface area contributed by atoms with Gasteiger partial charge < -0.3 is 10.0 Å². The minimum atomic E-state index is -0.942. The van der Waals surface area contributed by atoms with E-state index in [9.17, 15) is 9.59 Å². The number of likely N-dealkylation sites (tertiary alicyclic amines) is 1. The molecule has 15 heavy (non-hydrogen) atoms. The number of rotatable bonds is 5. The van der Waals surface area contributed by atoms with E-state index in [0.29, 0.717) is 13.0 Å². The second-order valence-corrected chi connectivity index (χ2v) is 5.09. The Balaban J connectivity index is 2.63. The number of halogens is 1. The monoisotopic (exact) mass is 251 g/mol. The predicted octanol–water partition coefficient (Wildman–Crippen LogP) is 1.03. The highest BCUT2D eigenvalue weighted by molar-refractivity contribution is 7.98. The first kappa shape index (κ1) is 12.6. The van der Waals surface area contributed by atoms with Gasteiger partial charge in [0.1, 0.15) is 6.04 Å². The van der Waals surface area contributed by atoms with Crippen molar-refractivity contribution in [2.24, 2.45) is 0 Å². The zero-order valence-corrected chi connectivity index (χ0v) is 10.1. The summed E-state index contributed by atoms with van der Waals surface area (Å²) in [7, 11) is 0. The van der Waals surface area contributed by atoms with Crippen LogP contribution < -0.4 is 0 Å². The van der Waals surface area contributed by atoms with E-state index in [1.165, 1.54) is 4.90 Å². The number of carboxylic acid groups (broad SMARTS) is 1. The lowest BCUT2D eigenvalue weighted by molar-refractivity contribution is -0.148. The van der Waals surface area contributed by atoms with Crippen LogP contribution in [-0.2, 0) is 9.59 Å². The normalized spacial score (nSPS) is 23.2. The van der Waals surface area contributed by atoms with Crippen LogP contribution in [0, 0.1) is 0 Å². The van der Waals surface area contributed by atoms with Crippen LogP contribution in [0.3, 0.4) is 0 Å². The van der Waals surface area contributed by atoms with E-state index in [-0.39, 0.29) is 17.7 Å². The number of aliphatic carboxylic acids is 1. The molecule has 0 radical (unpaired) electrons. The first-order valence-electron chi connectivity index (χ1n) is 4.71. The van der Waals surface area contributed by atoms with Crippen LogP contribution >= 0.6 is 23.4 Å². The van der Waals surface area contributed by atoms with Gasteiger partial charge in [0.25, 0.3) is 0 Å². The number of carbonyl (C=O) groups excluding carboxylic acids is 1. The first-order valence-corrected chi connectivity index (χ1v) is 6.54. The number of thioether (sulfide) groups is 1. The third kappa shape index (κ3) is 3.28. The largest absolute Gasteiger partial charge is 0.480 e. The van der Waals surface area contributed by atoms with Crippen molar-refractivity contribution in [1.29, 1.82) is 0 Å². The number of carbonyl (C=O) groups is 2. The summed E-state index contributed by atoms with van der Waals surface area (Å²) >= 11 is 7.40. The van der Waals surface area contributed by atoms with Gasteiger partial charge >= 0.3 is 5.97 Å². The quantitative estimate of drug-likeness (QED) is 0.742. The molecule has 0 bridgehead atoms. The van der Waals surface area contributed by atoms with E-state index >= 15 is 0 Å². The summed E-state index contributed by atoms with van der Waals surface area (Å²) in [5.74, 6) is -0.361. The van der Waals surface area contributed by atoms with E-state index in [0.717, 1.165) is 5.75 Å². The van der Waals surface area contributed by atoms with E-state index in [4.69, 9.17) is 16.7 Å². The molecular weight excluding hydrogens is 238 g/mol. The number of carboxylic acids is 1. The second kappa shape index (κ2) is 5.61. The van der Waals surface area contributed by atoms with Crippen molar-refractivity contribution in [3.8, 4) is 0 Å². The Kier molecular flexibility index (Phi) is 4.73. The average Bonchev–Trinajstić information content (AvgIpc) is 2.46. The Morgan fingerprint density at radius 3 is 2.87 bits per heavy atom. The molecule has 0 aromatic rings. The summed E-state index contributed by atoms with van der Waals surface area (Å²) in [6.07, 6.45) is 2.64. The van der Waals surface area contributed by atoms with Crippen molar-refractivity contribution in [3.05, 3.63) is 0 Å². The highest BCUT2D eigenvalue weighted by atomic mass is 35.5. The third-order valence-electron chi connectivity index (χ3n) is 2.37. The van der Waals surface area contributed by atoms with Gasteiger partial charge in [-0.05, 0) is 18.4 Å². The molecule has 0 spiro atoms. The molecule has 2 atom stereocenters. The molecule has 1 amide bonds. The minimum Gasteiger partial charge on any atom is -0.480 e. The van der Waals surface area contributed by atoms with Crippen LogP contribution in [0.1, 0.15) is 12.8 Å². The summed E-state index contributed by atoms with van der Waals surface area (Å²) in [5, 5.41) is 8.78. The van der Waals surface area contributed by atoms with E-state index < -0.39 is 12.0 Å². The van der Waals surface area contributed by atoms with Crippen LogP contribution in [0.4, 0.5) is 0 Å². The molecule has 0 aliphatic carbocycles. The molecule has 1 saturated heterocycles. The minimum absolute atomic E-state index is 0.150. The predicted molar refractivity (Wildman–Crippen MR) is 60.4 cm³/mol. The van der Waals surface area contributed by atoms with Crippen LogP contribution in [0.25, 0.3) is 0 Å². The summed E-state index contributed by atoms with van der Waals surface area (Å²) in [6.45, 7) is 0.353. The fraction of sp³-hybridized carbons (Fsp3) is 0.778. The maximum Gasteiger partial charge on any atom is 0.326 e. The molecule has 1 fully saturated rings. The zero-order chi connectivity index (χ0) is 11.4. The van der Waals surface area contributed by atoms with Gasteiger partial charge in [0.2, 0.25) is 5.91 Å². The van der Waals surface area contributed by atoms with Gasteiger partial charge in [-0.1, -0.05) is 0 Å². The molecule has 1 aliphatic heterocycles. The molecular formula is C9H14ClNO3S. The van der Waals surface area contributed by atoms with Crippen LogP contribution in [0.5, 0.6) is 0 Å². The summed E-state index contributed by atoms with van der Waals surface area (Å²) in [6, 6.07) is -0.714. The topological polar surface area (TPSA) is 57.6 Å². The lowest BCUT2D eigenvalue weighted by atomic mass is 10.2. The van der Waals surface area contributed by atoms with Crippen molar-refractivity contribution in [1.82, 2.24) is 4.90 Å². The van der Waals surface area contributed by atoms with Gasteiger partial charge in [-0.15, -0.1) is 11.6 Å². The van der Waals surface area contributed by atoms with Crippen LogP contribution in [0.15, 0.2) is 0 Å². The van der Waals surface area contributed by atoms with Crippen molar-refractivity contribution in [3.63, 3.8) is 0 Å². The highest BCUT2D eigenvalue weighted by Crippen LogP contribution is 2.21. The van der Waals surface area contributed by atoms with E-state index in [1.54, 1.807) is 11.8 Å². The summed E-state index contributed by atoms with van der Waals surface area (Å²) in [4.78, 5) is 23.8. The molecule has 4 nitrogen and oxygen atoms in total. The maximum atomic E-state index is 11.5. The van der Waals surface area contributed by atoms with Gasteiger partial charge in [-0.25, -0.2) is 4.79 Å². The zero-order valence-electron chi connectivity index (χ0n) is 8.48. The molecule has 0 aromatic carbocycles. The molecule has 1 heterocycles. The Hall–Kier alpha value is -0.420. The lowest BCUT2D eigenvalue weighted by Crippen LogP contribution is -2.42. The van der Waals surface area contributed by atoms with Crippen LogP contribution in [-0.4, -0.2) is 51.9 Å². The Morgan fingerprint density at radius 2 is 2.47 bits per heavy atom. The molecule has 0 aromatic heterocycles. The lowest BCUT2D eigenvalue weighted by Gasteiger charge is -2.23. The molecule has 0 saturated carbocycles. The van der Waals surface area contributed by atoms with E-state index in [1.807, 2.05) is 6.26 Å². The molecule has 1 unspecified atom stereocenters. The van der Waals surface area contributed by atoms with E-state index in [2.05, 4.69) is 0 Å². The molecule has 86 valence electrons. The first-order chi connectivity index (χ1) is 7.06. The molecule has 1 rings (SSSR count). The fourth-order valence-electron chi connectivity index (χ4n) is 1.63. The standard InChI is InChI=1S/C9H14ClNO3S/c1-15-3-2-7(9(13)14)11-5-6(10)4-8(11)12/h6-7H,2-5H2,1H3,(H,13,14)/t6?,7-/m0/s1. The summed E-state index contributed by atoms with van der Waals surface area (Å²) < 4.78 is 0. The average molecular weight is 252 g/mol. The van der Waals surface area contributed by atoms with Gasteiger partial charge in [0.15, 0.2) is 0 Å². The number of nitrogens with zero attached hydrogens (tertiary/aromatic N) is 1. The fourth-order valence-corrected chi connectivity index (χ4v) is 2.37. The van der Waals surface area contributed by atoms with Gasteiger partial charge in [0, 0.05) is 13.0 Å². The Labute approximate surface area is 98.0 Å². The number of alkyl halides is 1.